The molecule has 2 N–H and O–H groups in total. The molecule has 0 radical (unpaired) electrons. The molecule has 4 aliphatic carbocycles. The lowest BCUT2D eigenvalue weighted by molar-refractivity contribution is -0.150. The summed E-state index contributed by atoms with van der Waals surface area (Å²) < 4.78 is 4.94. The predicted octanol–water partition coefficient (Wildman–Crippen LogP) is 5.60. The molecule has 3 fully saturated rings. The lowest BCUT2D eigenvalue weighted by Gasteiger charge is -2.55. The van der Waals surface area contributed by atoms with Gasteiger partial charge in [-0.1, -0.05) is 56.2 Å². The second kappa shape index (κ2) is 8.68. The number of ether oxygens (including phenoxy) is 1. The first-order chi connectivity index (χ1) is 15.4. The molecule has 0 spiro atoms. The Bertz CT molecular complexity index is 861. The van der Waals surface area contributed by atoms with Crippen LogP contribution in [0, 0.1) is 40.4 Å². The van der Waals surface area contributed by atoms with Crippen LogP contribution < -0.4 is 0 Å². The molecule has 0 amide bonds. The summed E-state index contributed by atoms with van der Waals surface area (Å²) in [5.74, 6) is 1.09. The Kier molecular flexibility index (Phi) is 6.50. The van der Waals surface area contributed by atoms with E-state index < -0.39 is 11.5 Å². The van der Waals surface area contributed by atoms with Gasteiger partial charge in [0.2, 0.25) is 0 Å². The van der Waals surface area contributed by atoms with Crippen LogP contribution in [0.15, 0.2) is 35.5 Å². The molecule has 33 heavy (non-hydrogen) atoms. The molecular formula is C29H44O4. The van der Waals surface area contributed by atoms with E-state index >= 15 is 0 Å². The highest BCUT2D eigenvalue weighted by Crippen LogP contribution is 2.66. The van der Waals surface area contributed by atoms with E-state index in [9.17, 15) is 15.0 Å². The maximum Gasteiger partial charge on any atom is 0.315 e. The largest absolute Gasteiger partial charge is 0.468 e. The first-order valence-electron chi connectivity index (χ1n) is 13.0. The van der Waals surface area contributed by atoms with Crippen LogP contribution in [0.4, 0.5) is 0 Å². The third-order valence-corrected chi connectivity index (χ3v) is 10.1. The minimum Gasteiger partial charge on any atom is -0.468 e. The fourth-order valence-electron chi connectivity index (χ4n) is 8.04. The van der Waals surface area contributed by atoms with Crippen molar-refractivity contribution >= 4 is 5.97 Å². The lowest BCUT2D eigenvalue weighted by Crippen LogP contribution is -2.46. The van der Waals surface area contributed by atoms with Gasteiger partial charge in [0.15, 0.2) is 0 Å². The number of rotatable bonds is 5. The van der Waals surface area contributed by atoms with Gasteiger partial charge in [-0.15, -0.1) is 0 Å². The van der Waals surface area contributed by atoms with Gasteiger partial charge in [-0.25, -0.2) is 0 Å². The zero-order chi connectivity index (χ0) is 24.2. The maximum atomic E-state index is 12.2. The summed E-state index contributed by atoms with van der Waals surface area (Å²) in [6.07, 6.45) is 16.4. The summed E-state index contributed by atoms with van der Waals surface area (Å²) in [5.41, 5.74) is 2.45. The van der Waals surface area contributed by atoms with Gasteiger partial charge in [0, 0.05) is 0 Å². The quantitative estimate of drug-likeness (QED) is 0.417. The molecule has 0 saturated heterocycles. The Morgan fingerprint density at radius 1 is 1.12 bits per heavy atom. The molecule has 0 bridgehead atoms. The highest BCUT2D eigenvalue weighted by molar-refractivity contribution is 5.75. The number of methoxy groups -OCH3 is 1. The summed E-state index contributed by atoms with van der Waals surface area (Å²) in [5, 5.41) is 20.7. The number of carbonyl (C=O) groups excluding carboxylic acids is 1. The first-order valence-corrected chi connectivity index (χ1v) is 13.0. The van der Waals surface area contributed by atoms with Crippen molar-refractivity contribution in [3.63, 3.8) is 0 Å². The normalized spacial score (nSPS) is 40.2. The van der Waals surface area contributed by atoms with Gasteiger partial charge in [0.25, 0.3) is 0 Å². The molecule has 4 nitrogen and oxygen atoms in total. The predicted molar refractivity (Wildman–Crippen MR) is 131 cm³/mol. The van der Waals surface area contributed by atoms with Gasteiger partial charge in [-0.05, 0) is 93.3 Å². The minimum absolute atomic E-state index is 0.172. The van der Waals surface area contributed by atoms with Crippen molar-refractivity contribution in [3.05, 3.63) is 35.5 Å². The molecule has 8 atom stereocenters. The molecule has 0 unspecified atom stereocenters. The van der Waals surface area contributed by atoms with Crippen molar-refractivity contribution in [1.29, 1.82) is 0 Å². The molecule has 4 heteroatoms. The van der Waals surface area contributed by atoms with Crippen molar-refractivity contribution in [1.82, 2.24) is 0 Å². The van der Waals surface area contributed by atoms with Gasteiger partial charge < -0.3 is 14.9 Å². The topological polar surface area (TPSA) is 66.8 Å². The highest BCUT2D eigenvalue weighted by atomic mass is 16.5. The molecular weight excluding hydrogens is 412 g/mol. The average Bonchev–Trinajstić information content (AvgIpc) is 3.10. The number of fused-ring (bicyclic) bond motifs is 5. The van der Waals surface area contributed by atoms with E-state index in [1.807, 2.05) is 6.08 Å². The SMILES string of the molecule is COC(=O)[C@@H](/C=C/[C@@H](C)[C@H]1CC[C@H]2C3=CC=C4C[C@@H](O)CC[C@]4(C)[C@H]3CC[C@]12C)C(C)(C)O. The number of aliphatic hydroxyl groups is 2. The molecule has 0 aromatic rings. The van der Waals surface area contributed by atoms with E-state index in [-0.39, 0.29) is 22.9 Å². The summed E-state index contributed by atoms with van der Waals surface area (Å²) >= 11 is 0. The number of carbonyl (C=O) groups is 1. The second-order valence-corrected chi connectivity index (χ2v) is 12.4. The minimum atomic E-state index is -1.15. The van der Waals surface area contributed by atoms with Gasteiger partial charge in [-0.2, -0.15) is 0 Å². The lowest BCUT2D eigenvalue weighted by atomic mass is 9.50. The molecule has 0 aromatic heterocycles. The van der Waals surface area contributed by atoms with Crippen LogP contribution in [0.3, 0.4) is 0 Å². The van der Waals surface area contributed by atoms with Crippen molar-refractivity contribution in [2.75, 3.05) is 7.11 Å². The van der Waals surface area contributed by atoms with Gasteiger partial charge in [0.1, 0.15) is 5.92 Å². The number of hydrogen-bond donors (Lipinski definition) is 2. The van der Waals surface area contributed by atoms with E-state index in [0.717, 1.165) is 19.3 Å². The van der Waals surface area contributed by atoms with Crippen molar-refractivity contribution in [2.24, 2.45) is 40.4 Å². The van der Waals surface area contributed by atoms with E-state index in [4.69, 9.17) is 4.74 Å². The van der Waals surface area contributed by atoms with Crippen LogP contribution in [0.2, 0.25) is 0 Å². The Morgan fingerprint density at radius 2 is 1.85 bits per heavy atom. The molecule has 0 aliphatic heterocycles. The van der Waals surface area contributed by atoms with Crippen LogP contribution >= 0.6 is 0 Å². The highest BCUT2D eigenvalue weighted by Gasteiger charge is 2.56. The van der Waals surface area contributed by atoms with Crippen LogP contribution in [0.1, 0.15) is 79.6 Å². The standard InChI is InChI=1S/C29H44O4/c1-18(7-10-25(26(31)33-6)27(2,3)32)22-11-12-23-21-9-8-19-17-20(30)13-15-28(19,4)24(21)14-16-29(22,23)5/h7-10,18,20,22-25,30,32H,11-17H2,1-6H3/b10-7+/t18-,20+,22-,23+,24+,25-,28+,29-/m1/s1. The number of esters is 1. The van der Waals surface area contributed by atoms with Crippen molar-refractivity contribution in [2.45, 2.75) is 91.3 Å². The second-order valence-electron chi connectivity index (χ2n) is 12.4. The zero-order valence-corrected chi connectivity index (χ0v) is 21.4. The maximum absolute atomic E-state index is 12.2. The summed E-state index contributed by atoms with van der Waals surface area (Å²) in [6.45, 7) is 10.6. The summed E-state index contributed by atoms with van der Waals surface area (Å²) in [4.78, 5) is 12.2. The summed E-state index contributed by atoms with van der Waals surface area (Å²) in [7, 11) is 1.38. The number of allylic oxidation sites excluding steroid dienone is 4. The van der Waals surface area contributed by atoms with Gasteiger partial charge in [-0.3, -0.25) is 4.79 Å². The summed E-state index contributed by atoms with van der Waals surface area (Å²) in [6, 6.07) is 0. The molecule has 0 aromatic carbocycles. The van der Waals surface area contributed by atoms with E-state index in [1.54, 1.807) is 19.4 Å². The number of aliphatic hydroxyl groups excluding tert-OH is 1. The smallest absolute Gasteiger partial charge is 0.315 e. The fourth-order valence-corrected chi connectivity index (χ4v) is 8.04. The van der Waals surface area contributed by atoms with E-state index in [1.165, 1.54) is 38.4 Å². The Labute approximate surface area is 200 Å². The van der Waals surface area contributed by atoms with E-state index in [0.29, 0.717) is 23.7 Å². The van der Waals surface area contributed by atoms with Crippen LogP contribution in [-0.4, -0.2) is 35.0 Å². The van der Waals surface area contributed by atoms with Crippen molar-refractivity contribution < 1.29 is 19.7 Å². The van der Waals surface area contributed by atoms with Gasteiger partial charge in [0.05, 0.1) is 18.8 Å². The van der Waals surface area contributed by atoms with Crippen molar-refractivity contribution in [3.8, 4) is 0 Å². The Balaban J connectivity index is 1.56. The monoisotopic (exact) mass is 456 g/mol. The van der Waals surface area contributed by atoms with Crippen LogP contribution in [0.25, 0.3) is 0 Å². The molecule has 3 saturated carbocycles. The third kappa shape index (κ3) is 4.16. The van der Waals surface area contributed by atoms with Crippen LogP contribution in [-0.2, 0) is 9.53 Å². The molecule has 0 heterocycles. The molecule has 4 rings (SSSR count). The zero-order valence-electron chi connectivity index (χ0n) is 21.4. The fraction of sp³-hybridized carbons (Fsp3) is 0.759. The first kappa shape index (κ1) is 24.7. The third-order valence-electron chi connectivity index (χ3n) is 10.1. The number of hydrogen-bond acceptors (Lipinski definition) is 4. The molecule has 184 valence electrons. The Morgan fingerprint density at radius 3 is 2.52 bits per heavy atom. The molecule has 4 aliphatic rings. The van der Waals surface area contributed by atoms with E-state index in [2.05, 4.69) is 39.0 Å². The average molecular weight is 457 g/mol. The van der Waals surface area contributed by atoms with Gasteiger partial charge >= 0.3 is 5.97 Å². The van der Waals surface area contributed by atoms with Crippen LogP contribution in [0.5, 0.6) is 0 Å². The Hall–Kier alpha value is -1.39.